The number of hydrogen-bond acceptors (Lipinski definition) is 7. The number of nitrogens with zero attached hydrogens (tertiary/aromatic N) is 6. The number of halogens is 3. The number of rotatable bonds is 7. The van der Waals surface area contributed by atoms with E-state index in [0.717, 1.165) is 16.7 Å². The third-order valence-electron chi connectivity index (χ3n) is 7.95. The Bertz CT molecular complexity index is 1500. The van der Waals surface area contributed by atoms with Gasteiger partial charge in [0.15, 0.2) is 10.8 Å². The highest BCUT2D eigenvalue weighted by Crippen LogP contribution is 2.40. The molecule has 14 heteroatoms. The van der Waals surface area contributed by atoms with Crippen LogP contribution >= 0.6 is 12.2 Å². The second kappa shape index (κ2) is 12.2. The third-order valence-corrected chi connectivity index (χ3v) is 8.32. The number of carboxylic acid groups (broad SMARTS) is 1. The highest BCUT2D eigenvalue weighted by Gasteiger charge is 2.51. The van der Waals surface area contributed by atoms with Gasteiger partial charge in [-0.1, -0.05) is 6.92 Å². The van der Waals surface area contributed by atoms with Gasteiger partial charge in [0, 0.05) is 37.4 Å². The molecule has 2 aromatic rings. The molecule has 1 aromatic carbocycles. The molecule has 0 bridgehead atoms. The lowest BCUT2D eigenvalue weighted by Gasteiger charge is -2.43. The van der Waals surface area contributed by atoms with Gasteiger partial charge in [-0.15, -0.1) is 0 Å². The number of nitriles is 1. The Hall–Kier alpha value is -3.96. The first-order valence-corrected chi connectivity index (χ1v) is 14.6. The summed E-state index contributed by atoms with van der Waals surface area (Å²) < 4.78 is 47.2. The van der Waals surface area contributed by atoms with Gasteiger partial charge in [0.05, 0.1) is 17.4 Å². The van der Waals surface area contributed by atoms with Gasteiger partial charge in [-0.25, -0.2) is 9.78 Å². The minimum Gasteiger partial charge on any atom is -0.489 e. The van der Waals surface area contributed by atoms with Gasteiger partial charge in [0.1, 0.15) is 23.5 Å². The number of alkyl halides is 3. The molecule has 44 heavy (non-hydrogen) atoms. The Kier molecular flexibility index (Phi) is 9.14. The summed E-state index contributed by atoms with van der Waals surface area (Å²) in [4.78, 5) is 35.0. The number of carbonyl (C=O) groups excluding carboxylic acids is 1. The molecule has 0 aliphatic carbocycles. The molecule has 2 fully saturated rings. The number of carbonyl (C=O) groups is 2. The van der Waals surface area contributed by atoms with E-state index in [-0.39, 0.29) is 29.0 Å². The van der Waals surface area contributed by atoms with Crippen molar-refractivity contribution < 1.29 is 32.6 Å². The number of aryl methyl sites for hydroxylation is 1. The van der Waals surface area contributed by atoms with Crippen molar-refractivity contribution in [1.82, 2.24) is 14.8 Å². The van der Waals surface area contributed by atoms with Crippen LogP contribution in [0.1, 0.15) is 58.4 Å². The topological polar surface area (TPSA) is 113 Å². The van der Waals surface area contributed by atoms with E-state index in [1.807, 2.05) is 33.8 Å². The zero-order valence-electron chi connectivity index (χ0n) is 25.3. The normalized spacial score (nSPS) is 21.4. The fourth-order valence-electron chi connectivity index (χ4n) is 6.01. The van der Waals surface area contributed by atoms with Crippen LogP contribution in [0, 0.1) is 11.3 Å². The van der Waals surface area contributed by atoms with Crippen molar-refractivity contribution in [2.45, 2.75) is 77.9 Å². The van der Waals surface area contributed by atoms with Crippen molar-refractivity contribution >= 4 is 40.7 Å². The van der Waals surface area contributed by atoms with Gasteiger partial charge in [-0.2, -0.15) is 18.4 Å². The van der Waals surface area contributed by atoms with E-state index in [0.29, 0.717) is 43.6 Å². The number of piperazine rings is 1. The van der Waals surface area contributed by atoms with E-state index in [9.17, 15) is 27.9 Å². The van der Waals surface area contributed by atoms with E-state index in [1.54, 1.807) is 30.9 Å². The number of thiocarbonyl (C=S) groups is 1. The lowest BCUT2D eigenvalue weighted by atomic mass is 10.0. The van der Waals surface area contributed by atoms with E-state index >= 15 is 0 Å². The van der Waals surface area contributed by atoms with Crippen LogP contribution in [0.2, 0.25) is 0 Å². The molecular formula is C30H35F3N6O4S. The fraction of sp³-hybridized carbons (Fsp3) is 0.500. The Morgan fingerprint density at radius 2 is 1.86 bits per heavy atom. The summed E-state index contributed by atoms with van der Waals surface area (Å²) >= 11 is 5.65. The molecule has 236 valence electrons. The summed E-state index contributed by atoms with van der Waals surface area (Å²) in [6, 6.07) is 7.24. The smallest absolute Gasteiger partial charge is 0.419 e. The first kappa shape index (κ1) is 32.9. The van der Waals surface area contributed by atoms with E-state index in [2.05, 4.69) is 9.88 Å². The molecule has 2 aliphatic heterocycles. The molecule has 4 rings (SSSR count). The number of aromatic nitrogens is 1. The van der Waals surface area contributed by atoms with Crippen LogP contribution < -0.4 is 14.5 Å². The molecule has 1 aromatic heterocycles. The van der Waals surface area contributed by atoms with Gasteiger partial charge in [-0.3, -0.25) is 14.6 Å². The first-order chi connectivity index (χ1) is 20.5. The quantitative estimate of drug-likeness (QED) is 0.407. The lowest BCUT2D eigenvalue weighted by molar-refractivity contribution is -0.138. The predicted octanol–water partition coefficient (Wildman–Crippen LogP) is 5.29. The van der Waals surface area contributed by atoms with Crippen molar-refractivity contribution in [3.63, 3.8) is 0 Å². The molecule has 2 aliphatic rings. The van der Waals surface area contributed by atoms with Gasteiger partial charge < -0.3 is 19.6 Å². The first-order valence-electron chi connectivity index (χ1n) is 14.2. The van der Waals surface area contributed by atoms with Gasteiger partial charge >= 0.3 is 12.3 Å². The van der Waals surface area contributed by atoms with Crippen LogP contribution in [0.3, 0.4) is 0 Å². The monoisotopic (exact) mass is 632 g/mol. The zero-order chi connectivity index (χ0) is 32.7. The second-order valence-corrected chi connectivity index (χ2v) is 12.1. The number of ether oxygens (including phenoxy) is 1. The Morgan fingerprint density at radius 1 is 1.23 bits per heavy atom. The Balaban J connectivity index is 1.56. The lowest BCUT2D eigenvalue weighted by Crippen LogP contribution is -2.59. The average molecular weight is 633 g/mol. The molecule has 1 N–H and O–H groups in total. The molecule has 3 heterocycles. The summed E-state index contributed by atoms with van der Waals surface area (Å²) in [5.74, 6) is 0.104. The van der Waals surface area contributed by atoms with E-state index < -0.39 is 35.0 Å². The molecule has 0 radical (unpaired) electrons. The summed E-state index contributed by atoms with van der Waals surface area (Å²) in [6.07, 6.45) is -4.35. The number of pyridine rings is 1. The van der Waals surface area contributed by atoms with E-state index in [1.165, 1.54) is 11.0 Å². The minimum atomic E-state index is -4.85. The summed E-state index contributed by atoms with van der Waals surface area (Å²) in [5.41, 5.74) is -2.05. The van der Waals surface area contributed by atoms with Crippen LogP contribution in [0.4, 0.5) is 29.3 Å². The fourth-order valence-corrected chi connectivity index (χ4v) is 6.53. The van der Waals surface area contributed by atoms with Crippen LogP contribution in [0.5, 0.6) is 5.75 Å². The van der Waals surface area contributed by atoms with Crippen LogP contribution in [0.15, 0.2) is 30.5 Å². The molecule has 10 nitrogen and oxygen atoms in total. The van der Waals surface area contributed by atoms with Crippen molar-refractivity contribution in [3.8, 4) is 11.8 Å². The highest BCUT2D eigenvalue weighted by molar-refractivity contribution is 7.81. The van der Waals surface area contributed by atoms with Crippen molar-refractivity contribution in [1.29, 1.82) is 5.26 Å². The van der Waals surface area contributed by atoms with Gasteiger partial charge in [-0.05, 0) is 83.1 Å². The molecule has 3 atom stereocenters. The Morgan fingerprint density at radius 3 is 2.41 bits per heavy atom. The molecule has 3 unspecified atom stereocenters. The number of amides is 2. The number of anilines is 2. The standard InChI is InChI=1S/C30H35F3N6O4S/c1-7-20-10-21(8-9-25(20)43-19(4)16-36-14-17(2)37(28(41)42)18(3)15-36)39-27(44)38(26(40)29(39,5)6)22-11-23(30(31,32)33)24(12-34)35-13-22/h8-11,13,17-19H,7,14-16H2,1-6H3,(H,41,42). The molecule has 0 spiro atoms. The maximum Gasteiger partial charge on any atom is 0.419 e. The highest BCUT2D eigenvalue weighted by atomic mass is 32.1. The van der Waals surface area contributed by atoms with Crippen LogP contribution in [-0.2, 0) is 17.4 Å². The average Bonchev–Trinajstić information content (AvgIpc) is 3.10. The largest absolute Gasteiger partial charge is 0.489 e. The maximum absolute atomic E-state index is 13.6. The van der Waals surface area contributed by atoms with E-state index in [4.69, 9.17) is 22.2 Å². The maximum atomic E-state index is 13.6. The van der Waals surface area contributed by atoms with Crippen molar-refractivity contribution in [2.75, 3.05) is 29.4 Å². The SMILES string of the molecule is CCc1cc(N2C(=S)N(c3cnc(C#N)c(C(F)(F)F)c3)C(=O)C2(C)C)ccc1OC(C)CN1CC(C)N(C(=O)O)C(C)C1. The predicted molar refractivity (Wildman–Crippen MR) is 162 cm³/mol. The van der Waals surface area contributed by atoms with Crippen LogP contribution in [0.25, 0.3) is 0 Å². The molecule has 0 saturated carbocycles. The minimum absolute atomic E-state index is 0.0209. The van der Waals surface area contributed by atoms with Crippen LogP contribution in [-0.4, -0.2) is 80.4 Å². The van der Waals surface area contributed by atoms with Gasteiger partial charge in [0.25, 0.3) is 5.91 Å². The number of hydrogen-bond donors (Lipinski definition) is 1. The third kappa shape index (κ3) is 6.16. The number of benzene rings is 1. The zero-order valence-corrected chi connectivity index (χ0v) is 26.2. The Labute approximate surface area is 259 Å². The van der Waals surface area contributed by atoms with Crippen molar-refractivity contribution in [3.05, 3.63) is 47.3 Å². The molecule has 2 saturated heterocycles. The summed E-state index contributed by atoms with van der Waals surface area (Å²) in [6.45, 7) is 12.7. The van der Waals surface area contributed by atoms with Crippen molar-refractivity contribution in [2.24, 2.45) is 0 Å². The van der Waals surface area contributed by atoms with Gasteiger partial charge in [0.2, 0.25) is 0 Å². The summed E-state index contributed by atoms with van der Waals surface area (Å²) in [5, 5.41) is 18.6. The second-order valence-electron chi connectivity index (χ2n) is 11.7. The summed E-state index contributed by atoms with van der Waals surface area (Å²) in [7, 11) is 0. The molecular weight excluding hydrogens is 597 g/mol. The molecule has 2 amide bonds.